The van der Waals surface area contributed by atoms with Gasteiger partial charge in [0, 0.05) is 12.0 Å². The fraction of sp³-hybridized carbons (Fsp3) is 0.600. The van der Waals surface area contributed by atoms with Crippen molar-refractivity contribution in [2.45, 2.75) is 57.0 Å². The largest absolute Gasteiger partial charge is 0.368 e. The van der Waals surface area contributed by atoms with E-state index < -0.39 is 11.9 Å². The monoisotopic (exact) mass is 343 g/mol. The number of likely N-dealkylation sites (tertiary alicyclic amines) is 1. The van der Waals surface area contributed by atoms with E-state index in [9.17, 15) is 9.59 Å². The fourth-order valence-corrected chi connectivity index (χ4v) is 4.20. The zero-order chi connectivity index (χ0) is 17.6. The van der Waals surface area contributed by atoms with Crippen molar-refractivity contribution in [3.63, 3.8) is 0 Å². The number of hydrogen-bond acceptors (Lipinski definition) is 3. The number of carbonyl (C=O) groups excluding carboxylic acids is 2. The van der Waals surface area contributed by atoms with Crippen LogP contribution in [-0.4, -0.2) is 35.8 Å². The van der Waals surface area contributed by atoms with E-state index in [4.69, 9.17) is 5.73 Å². The van der Waals surface area contributed by atoms with Crippen molar-refractivity contribution < 1.29 is 9.59 Å². The minimum Gasteiger partial charge on any atom is -0.368 e. The minimum absolute atomic E-state index is 0.0228. The van der Waals surface area contributed by atoms with Crippen LogP contribution in [0.1, 0.15) is 56.6 Å². The number of piperidine rings is 1. The van der Waals surface area contributed by atoms with Gasteiger partial charge in [-0.15, -0.1) is 0 Å². The van der Waals surface area contributed by atoms with Crippen LogP contribution in [0.2, 0.25) is 0 Å². The summed E-state index contributed by atoms with van der Waals surface area (Å²) in [7, 11) is 0. The summed E-state index contributed by atoms with van der Waals surface area (Å²) in [5, 5.41) is 2.86. The highest BCUT2D eigenvalue weighted by Gasteiger charge is 2.31. The standard InChI is InChI=1S/C20H29N3O2/c21-19(24)18(15-7-3-1-4-8-15)22-20(25)16-11-13-23(14-12-16)17-9-5-2-6-10-17/h1,3-4,7-8,16-18H,2,5-6,9-14H2,(H2,21,24)(H,22,25)/t18-/m0/s1. The molecule has 3 rings (SSSR count). The Bertz CT molecular complexity index is 576. The summed E-state index contributed by atoms with van der Waals surface area (Å²) >= 11 is 0. The predicted molar refractivity (Wildman–Crippen MR) is 97.7 cm³/mol. The molecule has 3 N–H and O–H groups in total. The third-order valence-electron chi connectivity index (χ3n) is 5.70. The van der Waals surface area contributed by atoms with E-state index >= 15 is 0 Å². The molecule has 1 aliphatic heterocycles. The van der Waals surface area contributed by atoms with Gasteiger partial charge < -0.3 is 16.0 Å². The van der Waals surface area contributed by atoms with Crippen molar-refractivity contribution >= 4 is 11.8 Å². The maximum absolute atomic E-state index is 12.6. The Morgan fingerprint density at radius 3 is 2.24 bits per heavy atom. The van der Waals surface area contributed by atoms with Crippen LogP contribution in [0.4, 0.5) is 0 Å². The minimum atomic E-state index is -0.745. The summed E-state index contributed by atoms with van der Waals surface area (Å²) in [5.74, 6) is -0.583. The number of nitrogens with zero attached hydrogens (tertiary/aromatic N) is 1. The summed E-state index contributed by atoms with van der Waals surface area (Å²) in [6, 6.07) is 9.18. The molecule has 0 bridgehead atoms. The van der Waals surface area contributed by atoms with Crippen LogP contribution in [0.25, 0.3) is 0 Å². The van der Waals surface area contributed by atoms with Crippen LogP contribution < -0.4 is 11.1 Å². The van der Waals surface area contributed by atoms with E-state index in [2.05, 4.69) is 10.2 Å². The summed E-state index contributed by atoms with van der Waals surface area (Å²) in [4.78, 5) is 27.0. The molecule has 1 saturated carbocycles. The van der Waals surface area contributed by atoms with Crippen LogP contribution in [0.3, 0.4) is 0 Å². The van der Waals surface area contributed by atoms with Gasteiger partial charge in [0.2, 0.25) is 11.8 Å². The lowest BCUT2D eigenvalue weighted by Gasteiger charge is -2.39. The molecule has 2 aliphatic rings. The van der Waals surface area contributed by atoms with Crippen LogP contribution in [0, 0.1) is 5.92 Å². The number of nitrogens with one attached hydrogen (secondary N) is 1. The zero-order valence-corrected chi connectivity index (χ0v) is 14.8. The smallest absolute Gasteiger partial charge is 0.244 e. The number of nitrogens with two attached hydrogens (primary N) is 1. The molecule has 136 valence electrons. The average Bonchev–Trinajstić information content (AvgIpc) is 2.67. The summed E-state index contributed by atoms with van der Waals surface area (Å²) in [6.45, 7) is 1.96. The van der Waals surface area contributed by atoms with Gasteiger partial charge in [-0.2, -0.15) is 0 Å². The molecule has 0 radical (unpaired) electrons. The Kier molecular flexibility index (Phi) is 6.08. The van der Waals surface area contributed by atoms with E-state index in [1.54, 1.807) is 0 Å². The summed E-state index contributed by atoms with van der Waals surface area (Å²) in [5.41, 5.74) is 6.24. The number of carbonyl (C=O) groups is 2. The molecule has 1 saturated heterocycles. The quantitative estimate of drug-likeness (QED) is 0.862. The summed E-state index contributed by atoms with van der Waals surface area (Å²) < 4.78 is 0. The van der Waals surface area contributed by atoms with Crippen molar-refractivity contribution in [2.24, 2.45) is 11.7 Å². The van der Waals surface area contributed by atoms with Crippen molar-refractivity contribution in [3.8, 4) is 0 Å². The Hall–Kier alpha value is -1.88. The molecule has 5 nitrogen and oxygen atoms in total. The molecule has 1 aromatic carbocycles. The lowest BCUT2D eigenvalue weighted by molar-refractivity contribution is -0.131. The third kappa shape index (κ3) is 4.60. The molecule has 25 heavy (non-hydrogen) atoms. The average molecular weight is 343 g/mol. The van der Waals surface area contributed by atoms with Gasteiger partial charge in [-0.05, 0) is 44.3 Å². The van der Waals surface area contributed by atoms with Crippen LogP contribution in [0.15, 0.2) is 30.3 Å². The van der Waals surface area contributed by atoms with Crippen LogP contribution in [-0.2, 0) is 9.59 Å². The molecule has 0 spiro atoms. The molecule has 1 atom stereocenters. The maximum Gasteiger partial charge on any atom is 0.244 e. The van der Waals surface area contributed by atoms with Crippen molar-refractivity contribution in [1.82, 2.24) is 10.2 Å². The van der Waals surface area contributed by atoms with Gasteiger partial charge in [0.25, 0.3) is 0 Å². The zero-order valence-electron chi connectivity index (χ0n) is 14.8. The van der Waals surface area contributed by atoms with E-state index in [1.165, 1.54) is 32.1 Å². The molecule has 1 heterocycles. The fourth-order valence-electron chi connectivity index (χ4n) is 4.20. The third-order valence-corrected chi connectivity index (χ3v) is 5.70. The van der Waals surface area contributed by atoms with E-state index in [0.717, 1.165) is 31.5 Å². The first-order valence-electron chi connectivity index (χ1n) is 9.54. The molecule has 2 fully saturated rings. The van der Waals surface area contributed by atoms with E-state index in [0.29, 0.717) is 6.04 Å². The Balaban J connectivity index is 1.54. The second kappa shape index (κ2) is 8.48. The highest BCUT2D eigenvalue weighted by molar-refractivity contribution is 5.88. The Morgan fingerprint density at radius 1 is 1.00 bits per heavy atom. The second-order valence-electron chi connectivity index (χ2n) is 7.36. The van der Waals surface area contributed by atoms with Gasteiger partial charge in [0.1, 0.15) is 6.04 Å². The highest BCUT2D eigenvalue weighted by Crippen LogP contribution is 2.27. The molecule has 1 aromatic rings. The van der Waals surface area contributed by atoms with Crippen molar-refractivity contribution in [3.05, 3.63) is 35.9 Å². The summed E-state index contributed by atoms with van der Waals surface area (Å²) in [6.07, 6.45) is 8.36. The van der Waals surface area contributed by atoms with Gasteiger partial charge in [-0.1, -0.05) is 49.6 Å². The first-order chi connectivity index (χ1) is 12.1. The van der Waals surface area contributed by atoms with Crippen molar-refractivity contribution in [1.29, 1.82) is 0 Å². The van der Waals surface area contributed by atoms with E-state index in [-0.39, 0.29) is 11.8 Å². The number of rotatable bonds is 5. The topological polar surface area (TPSA) is 75.4 Å². The molecular weight excluding hydrogens is 314 g/mol. The number of hydrogen-bond donors (Lipinski definition) is 2. The van der Waals surface area contributed by atoms with E-state index in [1.807, 2.05) is 30.3 Å². The lowest BCUT2D eigenvalue weighted by atomic mass is 9.89. The molecule has 2 amide bonds. The SMILES string of the molecule is NC(=O)[C@@H](NC(=O)C1CCN(C2CCCCC2)CC1)c1ccccc1. The molecular formula is C20H29N3O2. The highest BCUT2D eigenvalue weighted by atomic mass is 16.2. The Morgan fingerprint density at radius 2 is 1.64 bits per heavy atom. The normalized spacial score (nSPS) is 21.6. The molecule has 0 aromatic heterocycles. The molecule has 1 aliphatic carbocycles. The number of benzene rings is 1. The first-order valence-corrected chi connectivity index (χ1v) is 9.54. The van der Waals surface area contributed by atoms with Gasteiger partial charge in [0.05, 0.1) is 0 Å². The second-order valence-corrected chi connectivity index (χ2v) is 7.36. The van der Waals surface area contributed by atoms with Crippen LogP contribution >= 0.6 is 0 Å². The lowest BCUT2D eigenvalue weighted by Crippen LogP contribution is -2.47. The first kappa shape index (κ1) is 17.9. The van der Waals surface area contributed by atoms with Gasteiger partial charge in [0.15, 0.2) is 0 Å². The van der Waals surface area contributed by atoms with Gasteiger partial charge in [-0.3, -0.25) is 9.59 Å². The predicted octanol–water partition coefficient (Wildman–Crippen LogP) is 2.37. The number of primary amides is 1. The van der Waals surface area contributed by atoms with Gasteiger partial charge in [-0.25, -0.2) is 0 Å². The van der Waals surface area contributed by atoms with Crippen LogP contribution in [0.5, 0.6) is 0 Å². The number of amides is 2. The van der Waals surface area contributed by atoms with Crippen molar-refractivity contribution in [2.75, 3.05) is 13.1 Å². The molecule has 5 heteroatoms. The Labute approximate surface area is 150 Å². The van der Waals surface area contributed by atoms with Gasteiger partial charge >= 0.3 is 0 Å². The molecule has 0 unspecified atom stereocenters. The maximum atomic E-state index is 12.6.